The lowest BCUT2D eigenvalue weighted by Gasteiger charge is -2.05. The molecule has 1 amide bonds. The second kappa shape index (κ2) is 7.37. The average Bonchev–Trinajstić information content (AvgIpc) is 2.01. The first kappa shape index (κ1) is 11.7. The van der Waals surface area contributed by atoms with E-state index in [0.29, 0.717) is 18.8 Å². The minimum absolute atomic E-state index is 0.0129. The predicted octanol–water partition coefficient (Wildman–Crippen LogP) is 0.892. The van der Waals surface area contributed by atoms with Crippen LogP contribution in [0.5, 0.6) is 0 Å². The van der Waals surface area contributed by atoms with Gasteiger partial charge in [0.1, 0.15) is 0 Å². The van der Waals surface area contributed by atoms with E-state index in [-0.39, 0.29) is 5.91 Å². The molecule has 72 valence electrons. The molecule has 0 unspecified atom stereocenters. The molecule has 4 heteroatoms. The molecule has 0 aliphatic rings. The lowest BCUT2D eigenvalue weighted by Crippen LogP contribution is -2.30. The molecule has 0 saturated carbocycles. The Hall–Kier alpha value is -0.280. The summed E-state index contributed by atoms with van der Waals surface area (Å²) in [6.45, 7) is 1.97. The maximum atomic E-state index is 11.0. The Morgan fingerprint density at radius 3 is 2.75 bits per heavy atom. The summed E-state index contributed by atoms with van der Waals surface area (Å²) < 4.78 is 0. The maximum absolute atomic E-state index is 11.0. The fourth-order valence-electron chi connectivity index (χ4n) is 0.730. The first-order valence-corrected chi connectivity index (χ1v) is 4.71. The number of aliphatic hydroxyl groups excluding tert-OH is 1. The van der Waals surface area contributed by atoms with Gasteiger partial charge in [-0.3, -0.25) is 4.79 Å². The van der Waals surface area contributed by atoms with Crippen LogP contribution in [0.3, 0.4) is 0 Å². The lowest BCUT2D eigenvalue weighted by molar-refractivity contribution is -0.121. The average molecular weight is 194 g/mol. The van der Waals surface area contributed by atoms with Gasteiger partial charge < -0.3 is 10.4 Å². The van der Waals surface area contributed by atoms with Crippen LogP contribution in [0.15, 0.2) is 0 Å². The molecule has 0 radical (unpaired) electrons. The Labute approximate surface area is 78.1 Å². The van der Waals surface area contributed by atoms with Crippen molar-refractivity contribution in [3.05, 3.63) is 0 Å². The molecule has 1 atom stereocenters. The van der Waals surface area contributed by atoms with Crippen LogP contribution in [0, 0.1) is 0 Å². The third-order valence-electron chi connectivity index (χ3n) is 1.38. The zero-order valence-corrected chi connectivity index (χ0v) is 8.10. The number of rotatable bonds is 6. The SMILES string of the molecule is C[C@@H](O)CNC(=O)CCCCCl. The van der Waals surface area contributed by atoms with E-state index in [1.807, 2.05) is 0 Å². The molecule has 0 spiro atoms. The number of carbonyl (C=O) groups excluding carboxylic acids is 1. The van der Waals surface area contributed by atoms with Crippen LogP contribution in [0.2, 0.25) is 0 Å². The number of hydrogen-bond acceptors (Lipinski definition) is 2. The summed E-state index contributed by atoms with van der Waals surface area (Å²) in [7, 11) is 0. The highest BCUT2D eigenvalue weighted by molar-refractivity contribution is 6.17. The van der Waals surface area contributed by atoms with Gasteiger partial charge in [-0.1, -0.05) is 0 Å². The van der Waals surface area contributed by atoms with Gasteiger partial charge in [-0.25, -0.2) is 0 Å². The van der Waals surface area contributed by atoms with E-state index in [9.17, 15) is 4.79 Å². The van der Waals surface area contributed by atoms with Crippen molar-refractivity contribution in [2.24, 2.45) is 0 Å². The van der Waals surface area contributed by atoms with Gasteiger partial charge in [0.25, 0.3) is 0 Å². The quantitative estimate of drug-likeness (QED) is 0.486. The van der Waals surface area contributed by atoms with Crippen LogP contribution in [-0.2, 0) is 4.79 Å². The molecule has 2 N–H and O–H groups in total. The van der Waals surface area contributed by atoms with Crippen molar-refractivity contribution in [3.63, 3.8) is 0 Å². The van der Waals surface area contributed by atoms with Gasteiger partial charge in [-0.2, -0.15) is 0 Å². The van der Waals surface area contributed by atoms with E-state index in [1.165, 1.54) is 0 Å². The normalized spacial score (nSPS) is 12.6. The molecule has 3 nitrogen and oxygen atoms in total. The Morgan fingerprint density at radius 1 is 1.58 bits per heavy atom. The van der Waals surface area contributed by atoms with Crippen LogP contribution < -0.4 is 5.32 Å². The fourth-order valence-corrected chi connectivity index (χ4v) is 0.919. The van der Waals surface area contributed by atoms with Gasteiger partial charge in [0, 0.05) is 18.8 Å². The van der Waals surface area contributed by atoms with Crippen molar-refractivity contribution in [2.45, 2.75) is 32.3 Å². The number of carbonyl (C=O) groups is 1. The van der Waals surface area contributed by atoms with Gasteiger partial charge >= 0.3 is 0 Å². The number of halogens is 1. The van der Waals surface area contributed by atoms with Crippen LogP contribution >= 0.6 is 11.6 Å². The van der Waals surface area contributed by atoms with E-state index in [2.05, 4.69) is 5.32 Å². The molecule has 0 heterocycles. The van der Waals surface area contributed by atoms with Crippen LogP contribution in [-0.4, -0.2) is 29.5 Å². The summed E-state index contributed by atoms with van der Waals surface area (Å²) in [6, 6.07) is 0. The van der Waals surface area contributed by atoms with Crippen molar-refractivity contribution >= 4 is 17.5 Å². The molecular formula is C8H16ClNO2. The van der Waals surface area contributed by atoms with E-state index >= 15 is 0 Å². The summed E-state index contributed by atoms with van der Waals surface area (Å²) in [5, 5.41) is 11.4. The Balaban J connectivity index is 3.22. The maximum Gasteiger partial charge on any atom is 0.220 e. The second-order valence-corrected chi connectivity index (χ2v) is 3.18. The van der Waals surface area contributed by atoms with Gasteiger partial charge in [-0.15, -0.1) is 11.6 Å². The molecule has 0 bridgehead atoms. The Bertz CT molecular complexity index is 128. The minimum atomic E-state index is -0.470. The smallest absolute Gasteiger partial charge is 0.220 e. The molecule has 0 aromatic rings. The van der Waals surface area contributed by atoms with Crippen molar-refractivity contribution in [1.82, 2.24) is 5.32 Å². The number of amides is 1. The lowest BCUT2D eigenvalue weighted by atomic mass is 10.2. The van der Waals surface area contributed by atoms with Gasteiger partial charge in [0.2, 0.25) is 5.91 Å². The topological polar surface area (TPSA) is 49.3 Å². The van der Waals surface area contributed by atoms with E-state index in [1.54, 1.807) is 6.92 Å². The summed E-state index contributed by atoms with van der Waals surface area (Å²) >= 11 is 5.44. The Kier molecular flexibility index (Phi) is 7.20. The number of nitrogens with one attached hydrogen (secondary N) is 1. The molecule has 0 aliphatic carbocycles. The first-order chi connectivity index (χ1) is 5.66. The van der Waals surface area contributed by atoms with Crippen molar-refractivity contribution in [3.8, 4) is 0 Å². The monoisotopic (exact) mass is 193 g/mol. The zero-order valence-electron chi connectivity index (χ0n) is 7.35. The third kappa shape index (κ3) is 7.82. The molecule has 12 heavy (non-hydrogen) atoms. The number of alkyl halides is 1. The van der Waals surface area contributed by atoms with E-state index < -0.39 is 6.10 Å². The van der Waals surface area contributed by atoms with E-state index in [4.69, 9.17) is 16.7 Å². The largest absolute Gasteiger partial charge is 0.392 e. The molecule has 0 fully saturated rings. The number of aliphatic hydroxyl groups is 1. The summed E-state index contributed by atoms with van der Waals surface area (Å²) in [5.41, 5.74) is 0. The van der Waals surface area contributed by atoms with Crippen molar-refractivity contribution < 1.29 is 9.90 Å². The minimum Gasteiger partial charge on any atom is -0.392 e. The molecular weight excluding hydrogens is 178 g/mol. The molecule has 0 aromatic heterocycles. The van der Waals surface area contributed by atoms with Gasteiger partial charge in [-0.05, 0) is 19.8 Å². The summed E-state index contributed by atoms with van der Waals surface area (Å²) in [4.78, 5) is 11.0. The molecule has 0 rings (SSSR count). The first-order valence-electron chi connectivity index (χ1n) is 4.17. The van der Waals surface area contributed by atoms with Crippen molar-refractivity contribution in [2.75, 3.05) is 12.4 Å². The molecule has 0 aliphatic heterocycles. The van der Waals surface area contributed by atoms with Crippen LogP contribution in [0.25, 0.3) is 0 Å². The molecule has 0 saturated heterocycles. The Morgan fingerprint density at radius 2 is 2.25 bits per heavy atom. The number of hydrogen-bond donors (Lipinski definition) is 2. The highest BCUT2D eigenvalue weighted by Crippen LogP contribution is 1.96. The number of unbranched alkanes of at least 4 members (excludes halogenated alkanes) is 1. The molecule has 0 aromatic carbocycles. The zero-order chi connectivity index (χ0) is 9.40. The van der Waals surface area contributed by atoms with Gasteiger partial charge in [0.05, 0.1) is 6.10 Å². The van der Waals surface area contributed by atoms with Gasteiger partial charge in [0.15, 0.2) is 0 Å². The van der Waals surface area contributed by atoms with Crippen LogP contribution in [0.4, 0.5) is 0 Å². The third-order valence-corrected chi connectivity index (χ3v) is 1.65. The predicted molar refractivity (Wildman–Crippen MR) is 49.3 cm³/mol. The van der Waals surface area contributed by atoms with E-state index in [0.717, 1.165) is 12.8 Å². The van der Waals surface area contributed by atoms with Crippen LogP contribution in [0.1, 0.15) is 26.2 Å². The highest BCUT2D eigenvalue weighted by Gasteiger charge is 2.01. The summed E-state index contributed by atoms with van der Waals surface area (Å²) in [5.74, 6) is 0.588. The fraction of sp³-hybridized carbons (Fsp3) is 0.875. The van der Waals surface area contributed by atoms with Crippen molar-refractivity contribution in [1.29, 1.82) is 0 Å². The standard InChI is InChI=1S/C8H16ClNO2/c1-7(11)6-10-8(12)4-2-3-5-9/h7,11H,2-6H2,1H3,(H,10,12)/t7-/m1/s1. The second-order valence-electron chi connectivity index (χ2n) is 2.80. The highest BCUT2D eigenvalue weighted by atomic mass is 35.5. The summed E-state index contributed by atoms with van der Waals surface area (Å²) in [6.07, 6.45) is 1.71.